The first-order valence-electron chi connectivity index (χ1n) is 16.8. The molecule has 0 spiro atoms. The summed E-state index contributed by atoms with van der Waals surface area (Å²) in [6, 6.07) is 36.4. The van der Waals surface area contributed by atoms with Gasteiger partial charge in [0.2, 0.25) is 0 Å². The van der Waals surface area contributed by atoms with Crippen LogP contribution in [0.25, 0.3) is 22.6 Å². The molecule has 5 aromatic rings. The highest BCUT2D eigenvalue weighted by Gasteiger charge is 2.42. The van der Waals surface area contributed by atoms with Gasteiger partial charge in [0.1, 0.15) is 20.4 Å². The number of rotatable bonds is 7. The van der Waals surface area contributed by atoms with E-state index in [-0.39, 0.29) is 10.8 Å². The van der Waals surface area contributed by atoms with Gasteiger partial charge in [-0.15, -0.1) is 11.3 Å². The lowest BCUT2D eigenvalue weighted by Crippen LogP contribution is -2.35. The van der Waals surface area contributed by atoms with E-state index in [9.17, 15) is 19.5 Å². The van der Waals surface area contributed by atoms with Crippen molar-refractivity contribution in [1.29, 1.82) is 0 Å². The number of carbonyl (C=O) groups excluding carboxylic acids is 1. The van der Waals surface area contributed by atoms with Gasteiger partial charge in [0.25, 0.3) is 11.5 Å². The second kappa shape index (κ2) is 13.6. The van der Waals surface area contributed by atoms with Gasteiger partial charge in [-0.25, -0.2) is 0 Å². The van der Waals surface area contributed by atoms with Gasteiger partial charge < -0.3 is 10.0 Å². The molecular weight excluding hydrogens is 695 g/mol. The van der Waals surface area contributed by atoms with Gasteiger partial charge in [0.05, 0.1) is 4.53 Å². The molecule has 7 nitrogen and oxygen atoms in total. The van der Waals surface area contributed by atoms with Crippen LogP contribution in [0.4, 0.5) is 11.4 Å². The molecule has 4 aromatic carbocycles. The molecule has 2 fully saturated rings. The van der Waals surface area contributed by atoms with Crippen molar-refractivity contribution in [1.82, 2.24) is 9.47 Å². The summed E-state index contributed by atoms with van der Waals surface area (Å²) in [5.41, 5.74) is 8.66. The number of thiazole rings is 1. The number of aromatic nitrogens is 1. The molecule has 1 aliphatic carbocycles. The molecule has 2 unspecified atom stereocenters. The van der Waals surface area contributed by atoms with Crippen molar-refractivity contribution >= 4 is 85.5 Å². The number of aliphatic carboxylic acids is 1. The standard InChI is InChI=1S/C41H33N3O4S3/c1-42-39(48)37(51-41(42)49)40-43(24-36(45)46)38(47)35(50-40)23-26-17-20-34-32(22-26)30-13-8-14-33(30)44(34)29-18-15-25(16-19-29)21-31(27-9-4-2-5-10-27)28-11-6-3-7-12-28/h2-7,9-12,15-23,30,33H,8,13-14,24H2,1H3,(H,45,46)/b35-23+,40-37+. The van der Waals surface area contributed by atoms with Crippen LogP contribution in [0, 0.1) is 0 Å². The Morgan fingerprint density at radius 2 is 1.57 bits per heavy atom. The number of nitrogens with zero attached hydrogens (tertiary/aromatic N) is 3. The average molecular weight is 728 g/mol. The van der Waals surface area contributed by atoms with Crippen molar-refractivity contribution < 1.29 is 14.7 Å². The molecule has 1 saturated carbocycles. The lowest BCUT2D eigenvalue weighted by molar-refractivity contribution is -0.137. The summed E-state index contributed by atoms with van der Waals surface area (Å²) < 4.78 is 2.23. The predicted octanol–water partition coefficient (Wildman–Crippen LogP) is 6.80. The van der Waals surface area contributed by atoms with E-state index in [4.69, 9.17) is 12.2 Å². The number of amides is 1. The molecule has 254 valence electrons. The first-order chi connectivity index (χ1) is 24.8. The second-order valence-corrected chi connectivity index (χ2v) is 15.6. The molecule has 0 bridgehead atoms. The van der Waals surface area contributed by atoms with Crippen LogP contribution in [-0.2, 0) is 16.1 Å². The van der Waals surface area contributed by atoms with Crippen molar-refractivity contribution in [3.8, 4) is 0 Å². The number of hydrogen-bond acceptors (Lipinski definition) is 7. The van der Waals surface area contributed by atoms with Crippen molar-refractivity contribution in [3.63, 3.8) is 0 Å². The molecule has 1 amide bonds. The maximum Gasteiger partial charge on any atom is 0.323 e. The lowest BCUT2D eigenvalue weighted by atomic mass is 9.95. The summed E-state index contributed by atoms with van der Waals surface area (Å²) in [7, 11) is 1.58. The Morgan fingerprint density at radius 1 is 0.902 bits per heavy atom. The van der Waals surface area contributed by atoms with Gasteiger partial charge in [-0.3, -0.25) is 23.9 Å². The SMILES string of the molecule is CN1C(=O)/C(=c2\s/c(=C/c3ccc4c(c3)C3CCCC3N4c3ccc(C=C(c4ccccc4)c4ccccc4)cc3)c(=O)n2CC(=O)O)SC1=S. The highest BCUT2D eigenvalue weighted by atomic mass is 32.2. The summed E-state index contributed by atoms with van der Waals surface area (Å²) in [5.74, 6) is -1.12. The minimum atomic E-state index is -1.16. The van der Waals surface area contributed by atoms with E-state index >= 15 is 0 Å². The maximum atomic E-state index is 13.6. The zero-order valence-corrected chi connectivity index (χ0v) is 30.1. The number of benzene rings is 4. The Labute approximate surface area is 308 Å². The first kappa shape index (κ1) is 33.1. The fourth-order valence-corrected chi connectivity index (χ4v) is 9.89. The summed E-state index contributed by atoms with van der Waals surface area (Å²) >= 11 is 7.51. The molecule has 0 radical (unpaired) electrons. The molecule has 1 saturated heterocycles. The summed E-state index contributed by atoms with van der Waals surface area (Å²) in [6.07, 6.45) is 7.40. The van der Waals surface area contributed by atoms with Crippen molar-refractivity contribution in [2.24, 2.45) is 0 Å². The fourth-order valence-electron chi connectivity index (χ4n) is 7.46. The number of fused-ring (bicyclic) bond motifs is 3. The van der Waals surface area contributed by atoms with Gasteiger partial charge in [-0.1, -0.05) is 109 Å². The molecule has 8 rings (SSSR count). The molecule has 2 atom stereocenters. The van der Waals surface area contributed by atoms with E-state index in [0.717, 1.165) is 59.2 Å². The van der Waals surface area contributed by atoms with Crippen LogP contribution in [0.3, 0.4) is 0 Å². The third-order valence-electron chi connectivity index (χ3n) is 9.83. The normalized spacial score (nSPS) is 19.4. The Kier molecular flexibility index (Phi) is 8.83. The number of thiocarbonyl (C=S) groups is 1. The average Bonchev–Trinajstić information content (AvgIpc) is 3.88. The van der Waals surface area contributed by atoms with Crippen LogP contribution >= 0.6 is 35.3 Å². The minimum absolute atomic E-state index is 0.279. The summed E-state index contributed by atoms with van der Waals surface area (Å²) in [4.78, 5) is 42.3. The Bertz CT molecular complexity index is 2380. The van der Waals surface area contributed by atoms with E-state index in [1.165, 1.54) is 37.4 Å². The molecule has 3 aliphatic rings. The predicted molar refractivity (Wildman–Crippen MR) is 211 cm³/mol. The Hall–Kier alpha value is -5.03. The second-order valence-electron chi connectivity index (χ2n) is 12.9. The number of hydrogen-bond donors (Lipinski definition) is 1. The number of carboxylic acids is 1. The van der Waals surface area contributed by atoms with Crippen molar-refractivity contribution in [2.45, 2.75) is 37.8 Å². The van der Waals surface area contributed by atoms with Crippen LogP contribution < -0.4 is 19.7 Å². The molecular formula is C41H33N3O4S3. The van der Waals surface area contributed by atoms with Crippen molar-refractivity contribution in [3.05, 3.63) is 150 Å². The third kappa shape index (κ3) is 6.17. The van der Waals surface area contributed by atoms with Crippen LogP contribution in [0.2, 0.25) is 0 Å². The van der Waals surface area contributed by atoms with E-state index in [0.29, 0.717) is 25.5 Å². The van der Waals surface area contributed by atoms with Crippen LogP contribution in [-0.4, -0.2) is 43.9 Å². The lowest BCUT2D eigenvalue weighted by Gasteiger charge is -2.27. The zero-order chi connectivity index (χ0) is 35.2. The van der Waals surface area contributed by atoms with Gasteiger partial charge in [0, 0.05) is 30.4 Å². The smallest absolute Gasteiger partial charge is 0.323 e. The number of anilines is 2. The number of carbonyl (C=O) groups is 2. The van der Waals surface area contributed by atoms with Crippen molar-refractivity contribution in [2.75, 3.05) is 11.9 Å². The van der Waals surface area contributed by atoms with Crippen LogP contribution in [0.5, 0.6) is 0 Å². The topological polar surface area (TPSA) is 82.9 Å². The molecule has 1 N–H and O–H groups in total. The zero-order valence-electron chi connectivity index (χ0n) is 27.7. The Morgan fingerprint density at radius 3 is 2.20 bits per heavy atom. The highest BCUT2D eigenvalue weighted by molar-refractivity contribution is 8.30. The van der Waals surface area contributed by atoms with Gasteiger partial charge in [-0.2, -0.15) is 0 Å². The summed E-state index contributed by atoms with van der Waals surface area (Å²) in [5, 5.41) is 9.58. The van der Waals surface area contributed by atoms with E-state index in [1.54, 1.807) is 7.05 Å². The summed E-state index contributed by atoms with van der Waals surface area (Å²) in [6.45, 7) is -0.538. The minimum Gasteiger partial charge on any atom is -0.480 e. The highest BCUT2D eigenvalue weighted by Crippen LogP contribution is 2.52. The Balaban J connectivity index is 1.15. The maximum absolute atomic E-state index is 13.6. The van der Waals surface area contributed by atoms with E-state index in [1.807, 2.05) is 24.3 Å². The molecule has 2 aliphatic heterocycles. The third-order valence-corrected chi connectivity index (χ3v) is 12.6. The van der Waals surface area contributed by atoms with E-state index < -0.39 is 18.1 Å². The number of carboxylic acid groups (broad SMARTS) is 1. The quantitative estimate of drug-likeness (QED) is 0.146. The number of thioether (sulfide) groups is 1. The monoisotopic (exact) mass is 727 g/mol. The molecule has 1 aromatic heterocycles. The van der Waals surface area contributed by atoms with E-state index in [2.05, 4.69) is 95.9 Å². The van der Waals surface area contributed by atoms with Crippen LogP contribution in [0.1, 0.15) is 53.0 Å². The molecule has 10 heteroatoms. The van der Waals surface area contributed by atoms with Crippen LogP contribution in [0.15, 0.2) is 108 Å². The van der Waals surface area contributed by atoms with Gasteiger partial charge >= 0.3 is 5.97 Å². The van der Waals surface area contributed by atoms with Gasteiger partial charge in [0.15, 0.2) is 0 Å². The first-order valence-corrected chi connectivity index (χ1v) is 18.8. The fraction of sp³-hybridized carbons (Fsp3) is 0.171. The largest absolute Gasteiger partial charge is 0.480 e. The van der Waals surface area contributed by atoms with Gasteiger partial charge in [-0.05, 0) is 82.6 Å². The molecule has 51 heavy (non-hydrogen) atoms. The molecule has 3 heterocycles.